The average molecular weight is 456 g/mol. The molecule has 0 aromatic heterocycles. The molecule has 147 valence electrons. The summed E-state index contributed by atoms with van der Waals surface area (Å²) in [5, 5.41) is 0. The van der Waals surface area contributed by atoms with Crippen molar-refractivity contribution in [3.63, 3.8) is 0 Å². The Morgan fingerprint density at radius 3 is 1.60 bits per heavy atom. The van der Waals surface area contributed by atoms with Gasteiger partial charge in [-0.2, -0.15) is 0 Å². The Kier molecular flexibility index (Phi) is 6.41. The lowest BCUT2D eigenvalue weighted by Gasteiger charge is -2.18. The second-order valence-electron chi connectivity index (χ2n) is 6.85. The zero-order valence-electron chi connectivity index (χ0n) is 16.3. The fraction of sp³-hybridized carbons (Fsp3) is 0.0370. The second-order valence-corrected chi connectivity index (χ2v) is 7.77. The predicted molar refractivity (Wildman–Crippen MR) is 124 cm³/mol. The minimum Gasteiger partial charge on any atom is -0.485 e. The first-order valence-corrected chi connectivity index (χ1v) is 10.5. The molecule has 0 atom stereocenters. The quantitative estimate of drug-likeness (QED) is 0.228. The fourth-order valence-electron chi connectivity index (χ4n) is 3.30. The van der Waals surface area contributed by atoms with Crippen molar-refractivity contribution in [3.8, 4) is 5.75 Å². The molecule has 1 radical (unpaired) electrons. The summed E-state index contributed by atoms with van der Waals surface area (Å²) < 4.78 is 6.67. The molecule has 0 heterocycles. The average Bonchev–Trinajstić information content (AvgIpc) is 2.80. The van der Waals surface area contributed by atoms with Gasteiger partial charge in [-0.1, -0.05) is 101 Å². The third-order valence-electron chi connectivity index (χ3n) is 4.80. The Hall–Kier alpha value is -3.17. The van der Waals surface area contributed by atoms with Crippen molar-refractivity contribution in [1.82, 2.24) is 0 Å². The Labute approximate surface area is 185 Å². The first-order valence-electron chi connectivity index (χ1n) is 9.70. The van der Waals surface area contributed by atoms with Gasteiger partial charge in [0.1, 0.15) is 5.75 Å². The van der Waals surface area contributed by atoms with Crippen LogP contribution in [0.4, 0.5) is 0 Å². The number of benzene rings is 4. The second kappa shape index (κ2) is 9.55. The molecule has 0 fully saturated rings. The summed E-state index contributed by atoms with van der Waals surface area (Å²) in [6.45, 7) is 0.00885. The molecule has 4 aromatic carbocycles. The minimum atomic E-state index is -0.0487. The monoisotopic (exact) mass is 455 g/mol. The van der Waals surface area contributed by atoms with Crippen LogP contribution in [-0.2, 0) is 0 Å². The molecular formula is C27H20BrO2. The van der Waals surface area contributed by atoms with Crippen molar-refractivity contribution in [2.45, 2.75) is 0 Å². The van der Waals surface area contributed by atoms with Crippen LogP contribution in [-0.4, -0.2) is 12.4 Å². The van der Waals surface area contributed by atoms with Crippen molar-refractivity contribution in [3.05, 3.63) is 142 Å². The van der Waals surface area contributed by atoms with E-state index in [9.17, 15) is 4.79 Å². The predicted octanol–water partition coefficient (Wildman–Crippen LogP) is 6.73. The third kappa shape index (κ3) is 4.87. The van der Waals surface area contributed by atoms with Gasteiger partial charge in [-0.25, -0.2) is 0 Å². The summed E-state index contributed by atoms with van der Waals surface area (Å²) in [6.07, 6.45) is 0. The van der Waals surface area contributed by atoms with Crippen LogP contribution >= 0.6 is 15.9 Å². The van der Waals surface area contributed by atoms with Crippen molar-refractivity contribution >= 4 is 21.7 Å². The first kappa shape index (κ1) is 20.1. The summed E-state index contributed by atoms with van der Waals surface area (Å²) in [7, 11) is 0. The van der Waals surface area contributed by atoms with Gasteiger partial charge in [0.2, 0.25) is 0 Å². The number of carbonyl (C=O) groups excluding carboxylic acids is 1. The molecule has 4 aromatic rings. The number of hydrogen-bond donors (Lipinski definition) is 0. The zero-order valence-corrected chi connectivity index (χ0v) is 17.9. The van der Waals surface area contributed by atoms with Crippen molar-refractivity contribution < 1.29 is 9.53 Å². The van der Waals surface area contributed by atoms with Crippen LogP contribution in [0, 0.1) is 5.92 Å². The lowest BCUT2D eigenvalue weighted by molar-refractivity contribution is 0.0921. The van der Waals surface area contributed by atoms with E-state index in [2.05, 4.69) is 40.2 Å². The van der Waals surface area contributed by atoms with Gasteiger partial charge in [0.15, 0.2) is 12.4 Å². The van der Waals surface area contributed by atoms with Gasteiger partial charge in [0.25, 0.3) is 0 Å². The summed E-state index contributed by atoms with van der Waals surface area (Å²) in [5.74, 6) is 1.78. The van der Waals surface area contributed by atoms with E-state index < -0.39 is 0 Å². The molecule has 0 N–H and O–H groups in total. The maximum absolute atomic E-state index is 12.3. The summed E-state index contributed by atoms with van der Waals surface area (Å²) in [6, 6.07) is 35.9. The highest BCUT2D eigenvalue weighted by molar-refractivity contribution is 9.10. The van der Waals surface area contributed by atoms with Crippen LogP contribution in [0.1, 0.15) is 27.0 Å². The molecule has 0 bridgehead atoms. The lowest BCUT2D eigenvalue weighted by Crippen LogP contribution is -2.11. The summed E-state index contributed by atoms with van der Waals surface area (Å²) >= 11 is 3.38. The normalized spacial score (nSPS) is 10.7. The van der Waals surface area contributed by atoms with Gasteiger partial charge >= 0.3 is 0 Å². The molecule has 0 saturated carbocycles. The number of ether oxygens (including phenoxy) is 1. The smallest absolute Gasteiger partial charge is 0.200 e. The highest BCUT2D eigenvalue weighted by Crippen LogP contribution is 2.31. The summed E-state index contributed by atoms with van der Waals surface area (Å²) in [5.41, 5.74) is 4.04. The number of rotatable bonds is 7. The molecule has 0 unspecified atom stereocenters. The van der Waals surface area contributed by atoms with Crippen LogP contribution in [0.15, 0.2) is 114 Å². The van der Waals surface area contributed by atoms with Crippen molar-refractivity contribution in [2.24, 2.45) is 0 Å². The van der Waals surface area contributed by atoms with E-state index in [1.165, 1.54) is 0 Å². The van der Waals surface area contributed by atoms with Gasteiger partial charge in [-0.15, -0.1) is 0 Å². The molecule has 30 heavy (non-hydrogen) atoms. The van der Waals surface area contributed by atoms with E-state index in [1.54, 1.807) is 12.1 Å². The topological polar surface area (TPSA) is 26.3 Å². The van der Waals surface area contributed by atoms with Crippen LogP contribution in [0.25, 0.3) is 0 Å². The standard InChI is InChI=1S/C27H20BrO2/c28-24-15-11-20(12-16-24)26(29)19-30-25-17-13-23(14-18-25)27(21-7-3-1-4-8-21)22-9-5-2-6-10-22/h1-18H,19H2. The molecular weight excluding hydrogens is 436 g/mol. The Balaban J connectivity index is 1.51. The molecule has 3 heteroatoms. The van der Waals surface area contributed by atoms with Gasteiger partial charge in [0, 0.05) is 10.0 Å². The Morgan fingerprint density at radius 1 is 0.600 bits per heavy atom. The molecule has 0 aliphatic carbocycles. The number of carbonyl (C=O) groups is 1. The largest absolute Gasteiger partial charge is 0.485 e. The van der Waals surface area contributed by atoms with Crippen LogP contribution in [0.5, 0.6) is 5.75 Å². The highest BCUT2D eigenvalue weighted by Gasteiger charge is 2.17. The minimum absolute atomic E-state index is 0.00885. The van der Waals surface area contributed by atoms with Crippen LogP contribution < -0.4 is 4.74 Å². The fourth-order valence-corrected chi connectivity index (χ4v) is 3.56. The van der Waals surface area contributed by atoms with E-state index in [-0.39, 0.29) is 12.4 Å². The zero-order chi connectivity index (χ0) is 20.8. The van der Waals surface area contributed by atoms with E-state index in [0.29, 0.717) is 11.3 Å². The molecule has 0 aliphatic rings. The molecule has 0 amide bonds. The third-order valence-corrected chi connectivity index (χ3v) is 5.33. The number of halogens is 1. The highest BCUT2D eigenvalue weighted by atomic mass is 79.9. The SMILES string of the molecule is O=C(COc1ccc([C](c2ccccc2)c2ccccc2)cc1)c1ccc(Br)cc1. The maximum atomic E-state index is 12.3. The number of ketones is 1. The van der Waals surface area contributed by atoms with Gasteiger partial charge < -0.3 is 4.74 Å². The molecule has 2 nitrogen and oxygen atoms in total. The number of Topliss-reactive ketones (excluding diaryl/α,β-unsaturated/α-hetero) is 1. The molecule has 4 rings (SSSR count). The maximum Gasteiger partial charge on any atom is 0.200 e. The molecule has 0 saturated heterocycles. The van der Waals surface area contributed by atoms with Gasteiger partial charge in [-0.3, -0.25) is 4.79 Å². The van der Waals surface area contributed by atoms with Gasteiger partial charge in [0.05, 0.1) is 5.92 Å². The van der Waals surface area contributed by atoms with E-state index in [1.807, 2.05) is 72.8 Å². The Morgan fingerprint density at radius 2 is 1.07 bits per heavy atom. The molecule has 0 spiro atoms. The van der Waals surface area contributed by atoms with Crippen molar-refractivity contribution in [2.75, 3.05) is 6.61 Å². The van der Waals surface area contributed by atoms with Crippen LogP contribution in [0.3, 0.4) is 0 Å². The Bertz CT molecular complexity index is 1050. The van der Waals surface area contributed by atoms with E-state index >= 15 is 0 Å². The lowest BCUT2D eigenvalue weighted by atomic mass is 9.85. The van der Waals surface area contributed by atoms with Crippen molar-refractivity contribution in [1.29, 1.82) is 0 Å². The van der Waals surface area contributed by atoms with E-state index in [0.717, 1.165) is 27.1 Å². The van der Waals surface area contributed by atoms with Crippen LogP contribution in [0.2, 0.25) is 0 Å². The van der Waals surface area contributed by atoms with Gasteiger partial charge in [-0.05, 0) is 41.0 Å². The molecule has 0 aliphatic heterocycles. The summed E-state index contributed by atoms with van der Waals surface area (Å²) in [4.78, 5) is 12.3. The number of hydrogen-bond acceptors (Lipinski definition) is 2. The first-order chi connectivity index (χ1) is 14.7. The van der Waals surface area contributed by atoms with E-state index in [4.69, 9.17) is 4.74 Å².